The van der Waals surface area contributed by atoms with Gasteiger partial charge in [0.1, 0.15) is 12.4 Å². The Morgan fingerprint density at radius 3 is 2.55 bits per heavy atom. The lowest BCUT2D eigenvalue weighted by atomic mass is 10.1. The topological polar surface area (TPSA) is 92.0 Å². The first kappa shape index (κ1) is 25.1. The van der Waals surface area contributed by atoms with Gasteiger partial charge >= 0.3 is 12.2 Å². The summed E-state index contributed by atoms with van der Waals surface area (Å²) in [6.07, 6.45) is -2.98. The monoisotopic (exact) mass is 529 g/mol. The molecule has 0 aliphatic carbocycles. The molecule has 1 aromatic carbocycles. The predicted octanol–water partition coefficient (Wildman–Crippen LogP) is 2.80. The highest BCUT2D eigenvalue weighted by Gasteiger charge is 2.33. The van der Waals surface area contributed by atoms with Crippen molar-refractivity contribution in [3.05, 3.63) is 29.8 Å². The van der Waals surface area contributed by atoms with Gasteiger partial charge in [-0.3, -0.25) is 0 Å². The number of ether oxygens (including phenoxy) is 1. The Bertz CT molecular complexity index is 680. The lowest BCUT2D eigenvalue weighted by Crippen LogP contribution is -2.50. The summed E-state index contributed by atoms with van der Waals surface area (Å²) < 4.78 is 44.2. The number of likely N-dealkylation sites (tertiary alicyclic amines) is 1. The molecule has 0 saturated carbocycles. The number of rotatable bonds is 6. The van der Waals surface area contributed by atoms with Crippen LogP contribution in [-0.4, -0.2) is 55.7 Å². The summed E-state index contributed by atoms with van der Waals surface area (Å²) >= 11 is 0. The van der Waals surface area contributed by atoms with Crippen molar-refractivity contribution in [1.29, 1.82) is 0 Å². The number of hydrogen-bond donors (Lipinski definition) is 3. The first-order valence-electron chi connectivity index (χ1n) is 9.19. The van der Waals surface area contributed by atoms with Gasteiger partial charge in [-0.25, -0.2) is 9.79 Å². The van der Waals surface area contributed by atoms with Crippen molar-refractivity contribution in [2.45, 2.75) is 32.0 Å². The van der Waals surface area contributed by atoms with Crippen molar-refractivity contribution in [3.63, 3.8) is 0 Å². The Hall–Kier alpha value is -1.92. The van der Waals surface area contributed by atoms with Crippen molar-refractivity contribution in [2.24, 2.45) is 10.7 Å². The van der Waals surface area contributed by atoms with Crippen LogP contribution in [0.5, 0.6) is 5.75 Å². The van der Waals surface area contributed by atoms with Crippen LogP contribution in [0.3, 0.4) is 0 Å². The molecule has 1 saturated heterocycles. The van der Waals surface area contributed by atoms with Crippen LogP contribution in [0, 0.1) is 0 Å². The maximum absolute atomic E-state index is 13.0. The van der Waals surface area contributed by atoms with Crippen LogP contribution in [0.4, 0.5) is 18.0 Å². The molecule has 1 fully saturated rings. The minimum Gasteiger partial charge on any atom is -0.491 e. The van der Waals surface area contributed by atoms with Gasteiger partial charge in [-0.15, -0.1) is 24.0 Å². The zero-order valence-electron chi connectivity index (χ0n) is 16.2. The zero-order chi connectivity index (χ0) is 20.6. The fraction of sp³-hybridized carbons (Fsp3) is 0.556. The van der Waals surface area contributed by atoms with E-state index >= 15 is 0 Å². The van der Waals surface area contributed by atoms with Gasteiger partial charge in [-0.2, -0.15) is 13.2 Å². The molecule has 0 bridgehead atoms. The van der Waals surface area contributed by atoms with Crippen LogP contribution >= 0.6 is 24.0 Å². The third-order valence-corrected chi connectivity index (χ3v) is 4.30. The van der Waals surface area contributed by atoms with E-state index in [2.05, 4.69) is 15.6 Å². The molecule has 0 spiro atoms. The number of halogens is 4. The van der Waals surface area contributed by atoms with Crippen LogP contribution in [0.25, 0.3) is 0 Å². The van der Waals surface area contributed by atoms with E-state index in [0.717, 1.165) is 18.9 Å². The number of guanidine groups is 1. The fourth-order valence-electron chi connectivity index (χ4n) is 2.90. The number of amides is 2. The molecule has 1 aliphatic rings. The van der Waals surface area contributed by atoms with E-state index in [-0.39, 0.29) is 48.9 Å². The number of benzene rings is 1. The van der Waals surface area contributed by atoms with Gasteiger partial charge in [0.05, 0.1) is 12.1 Å². The van der Waals surface area contributed by atoms with E-state index in [0.29, 0.717) is 25.6 Å². The molecule has 0 atom stereocenters. The molecule has 0 aromatic heterocycles. The van der Waals surface area contributed by atoms with Gasteiger partial charge in [0.15, 0.2) is 5.96 Å². The zero-order valence-corrected chi connectivity index (χ0v) is 18.5. The normalized spacial score (nSPS) is 15.4. The summed E-state index contributed by atoms with van der Waals surface area (Å²) in [7, 11) is 0. The van der Waals surface area contributed by atoms with Crippen molar-refractivity contribution < 1.29 is 22.7 Å². The molecule has 1 aromatic rings. The molecule has 0 unspecified atom stereocenters. The number of piperidine rings is 1. The Kier molecular flexibility index (Phi) is 10.3. The maximum atomic E-state index is 13.0. The van der Waals surface area contributed by atoms with Gasteiger partial charge in [0.25, 0.3) is 0 Å². The minimum absolute atomic E-state index is 0. The van der Waals surface area contributed by atoms with E-state index in [9.17, 15) is 18.0 Å². The fourth-order valence-corrected chi connectivity index (χ4v) is 2.90. The van der Waals surface area contributed by atoms with Gasteiger partial charge in [0.2, 0.25) is 0 Å². The molecule has 2 amide bonds. The molecule has 7 nitrogen and oxygen atoms in total. The second kappa shape index (κ2) is 11.9. The average molecular weight is 529 g/mol. The molecule has 1 heterocycles. The Balaban J connectivity index is 0.00000420. The van der Waals surface area contributed by atoms with Crippen molar-refractivity contribution in [1.82, 2.24) is 15.5 Å². The second-order valence-electron chi connectivity index (χ2n) is 6.35. The Labute approximate surface area is 185 Å². The van der Waals surface area contributed by atoms with Gasteiger partial charge in [-0.05, 0) is 31.9 Å². The smallest absolute Gasteiger partial charge is 0.419 e. The Morgan fingerprint density at radius 2 is 1.97 bits per heavy atom. The number of carbonyl (C=O) groups is 1. The Morgan fingerprint density at radius 1 is 1.31 bits per heavy atom. The molecular weight excluding hydrogens is 502 g/mol. The lowest BCUT2D eigenvalue weighted by Gasteiger charge is -2.32. The molecule has 1 aliphatic heterocycles. The highest BCUT2D eigenvalue weighted by atomic mass is 127. The predicted molar refractivity (Wildman–Crippen MR) is 116 cm³/mol. The SMILES string of the molecule is CCNC(=NCCOc1ccccc1C(F)(F)F)NC1CCN(C(N)=O)CC1.I. The molecule has 11 heteroatoms. The number of urea groups is 1. The molecule has 29 heavy (non-hydrogen) atoms. The number of primary amides is 1. The number of nitrogens with one attached hydrogen (secondary N) is 2. The number of nitrogens with zero attached hydrogens (tertiary/aromatic N) is 2. The van der Waals surface area contributed by atoms with Crippen LogP contribution < -0.4 is 21.1 Å². The first-order chi connectivity index (χ1) is 13.3. The van der Waals surface area contributed by atoms with E-state index in [4.69, 9.17) is 10.5 Å². The highest BCUT2D eigenvalue weighted by Crippen LogP contribution is 2.35. The summed E-state index contributed by atoms with van der Waals surface area (Å²) in [6, 6.07) is 4.82. The third-order valence-electron chi connectivity index (χ3n) is 4.30. The summed E-state index contributed by atoms with van der Waals surface area (Å²) in [5.41, 5.74) is 4.47. The summed E-state index contributed by atoms with van der Waals surface area (Å²) in [5, 5.41) is 6.37. The van der Waals surface area contributed by atoms with Crippen molar-refractivity contribution >= 4 is 36.0 Å². The van der Waals surface area contributed by atoms with Crippen LogP contribution in [-0.2, 0) is 6.18 Å². The number of nitrogens with two attached hydrogens (primary N) is 1. The molecule has 2 rings (SSSR count). The second-order valence-corrected chi connectivity index (χ2v) is 6.35. The highest BCUT2D eigenvalue weighted by molar-refractivity contribution is 14.0. The van der Waals surface area contributed by atoms with Crippen LogP contribution in [0.2, 0.25) is 0 Å². The van der Waals surface area contributed by atoms with E-state index in [1.165, 1.54) is 18.2 Å². The molecule has 4 N–H and O–H groups in total. The lowest BCUT2D eigenvalue weighted by molar-refractivity contribution is -0.138. The number of alkyl halides is 3. The molecular formula is C18H27F3IN5O2. The van der Waals surface area contributed by atoms with Gasteiger partial charge in [0, 0.05) is 25.7 Å². The van der Waals surface area contributed by atoms with Crippen LogP contribution in [0.1, 0.15) is 25.3 Å². The number of aliphatic imine (C=N–C) groups is 1. The quantitative estimate of drug-likeness (QED) is 0.229. The van der Waals surface area contributed by atoms with E-state index in [1.54, 1.807) is 4.90 Å². The van der Waals surface area contributed by atoms with E-state index in [1.807, 2.05) is 6.92 Å². The summed E-state index contributed by atoms with van der Waals surface area (Å²) in [5.74, 6) is 0.356. The first-order valence-corrected chi connectivity index (χ1v) is 9.19. The average Bonchev–Trinajstić information content (AvgIpc) is 2.65. The summed E-state index contributed by atoms with van der Waals surface area (Å²) in [4.78, 5) is 17.1. The van der Waals surface area contributed by atoms with E-state index < -0.39 is 17.8 Å². The van der Waals surface area contributed by atoms with Crippen molar-refractivity contribution in [3.8, 4) is 5.75 Å². The number of carbonyl (C=O) groups excluding carboxylic acids is 1. The molecule has 164 valence electrons. The maximum Gasteiger partial charge on any atom is 0.419 e. The third kappa shape index (κ3) is 8.15. The number of hydrogen-bond acceptors (Lipinski definition) is 3. The largest absolute Gasteiger partial charge is 0.491 e. The summed E-state index contributed by atoms with van der Waals surface area (Å²) in [6.45, 7) is 3.92. The minimum atomic E-state index is -4.46. The van der Waals surface area contributed by atoms with Gasteiger partial charge < -0.3 is 26.0 Å². The standard InChI is InChI=1S/C18H26F3N5O2.HI/c1-2-23-17(25-13-7-10-26(11-8-13)16(22)27)24-9-12-28-15-6-4-3-5-14(15)18(19,20)21;/h3-6,13H,2,7-12H2,1H3,(H2,22,27)(H2,23,24,25);1H. The number of para-hydroxylation sites is 1. The van der Waals surface area contributed by atoms with Crippen LogP contribution in [0.15, 0.2) is 29.3 Å². The van der Waals surface area contributed by atoms with Crippen molar-refractivity contribution in [2.75, 3.05) is 32.8 Å². The van der Waals surface area contributed by atoms with Gasteiger partial charge in [-0.1, -0.05) is 12.1 Å². The molecule has 0 radical (unpaired) electrons.